The second-order valence-electron chi connectivity index (χ2n) is 12.7. The van der Waals surface area contributed by atoms with Crippen molar-refractivity contribution in [2.24, 2.45) is 17.8 Å². The van der Waals surface area contributed by atoms with E-state index in [4.69, 9.17) is 9.47 Å². The molecule has 3 rings (SSSR count). The Labute approximate surface area is 268 Å². The van der Waals surface area contributed by atoms with Crippen molar-refractivity contribution in [2.45, 2.75) is 97.5 Å². The minimum Gasteiger partial charge on any atom is -0.496 e. The van der Waals surface area contributed by atoms with Gasteiger partial charge in [-0.2, -0.15) is 0 Å². The second kappa shape index (κ2) is 16.1. The van der Waals surface area contributed by atoms with Gasteiger partial charge in [-0.25, -0.2) is 0 Å². The molecular formula is C34H53N5O6. The molecule has 0 aromatic heterocycles. The molecule has 2 bridgehead atoms. The van der Waals surface area contributed by atoms with Crippen molar-refractivity contribution in [1.82, 2.24) is 25.8 Å². The molecular weight excluding hydrogens is 574 g/mol. The normalized spacial score (nSPS) is 24.2. The van der Waals surface area contributed by atoms with Crippen LogP contribution in [0.4, 0.5) is 0 Å². The predicted octanol–water partition coefficient (Wildman–Crippen LogP) is 3.18. The number of ether oxygens (including phenoxy) is 2. The van der Waals surface area contributed by atoms with E-state index in [9.17, 15) is 19.2 Å². The second-order valence-corrected chi connectivity index (χ2v) is 12.7. The summed E-state index contributed by atoms with van der Waals surface area (Å²) in [5.41, 5.74) is 0.688. The van der Waals surface area contributed by atoms with Crippen molar-refractivity contribution in [2.75, 3.05) is 27.7 Å². The Bertz CT molecular complexity index is 1240. The number of nitrogens with one attached hydrogen (secondary N) is 3. The van der Waals surface area contributed by atoms with Crippen molar-refractivity contribution < 1.29 is 28.7 Å². The first kappa shape index (κ1) is 35.9. The number of rotatable bonds is 11. The van der Waals surface area contributed by atoms with E-state index < -0.39 is 36.2 Å². The third kappa shape index (κ3) is 8.36. The van der Waals surface area contributed by atoms with Crippen molar-refractivity contribution in [3.63, 3.8) is 0 Å². The lowest BCUT2D eigenvalue weighted by atomic mass is 9.94. The number of hydrogen-bond acceptors (Lipinski definition) is 7. The monoisotopic (exact) mass is 627 g/mol. The van der Waals surface area contributed by atoms with E-state index in [1.54, 1.807) is 31.4 Å². The van der Waals surface area contributed by atoms with Gasteiger partial charge in [0.2, 0.25) is 23.6 Å². The summed E-state index contributed by atoms with van der Waals surface area (Å²) in [6, 6.07) is 2.20. The lowest BCUT2D eigenvalue weighted by Crippen LogP contribution is -2.61. The van der Waals surface area contributed by atoms with E-state index >= 15 is 0 Å². The third-order valence-corrected chi connectivity index (χ3v) is 9.45. The zero-order valence-corrected chi connectivity index (χ0v) is 28.4. The minimum atomic E-state index is -1.02. The van der Waals surface area contributed by atoms with Crippen molar-refractivity contribution >= 4 is 29.7 Å². The molecule has 0 aliphatic carbocycles. The lowest BCUT2D eigenvalue weighted by molar-refractivity contribution is -0.145. The summed E-state index contributed by atoms with van der Waals surface area (Å²) in [5.74, 6) is -0.573. The molecule has 1 saturated heterocycles. The first-order valence-corrected chi connectivity index (χ1v) is 16.3. The molecule has 2 heterocycles. The number of methoxy groups -OCH3 is 1. The van der Waals surface area contributed by atoms with Gasteiger partial charge in [-0.15, -0.1) is 0 Å². The van der Waals surface area contributed by atoms with Gasteiger partial charge in [-0.05, 0) is 56.1 Å². The van der Waals surface area contributed by atoms with Crippen molar-refractivity contribution in [1.29, 1.82) is 0 Å². The Balaban J connectivity index is 2.03. The Morgan fingerprint density at radius 1 is 1.07 bits per heavy atom. The number of carbonyl (C=O) groups excluding carboxylic acids is 4. The predicted molar refractivity (Wildman–Crippen MR) is 174 cm³/mol. The van der Waals surface area contributed by atoms with Crippen LogP contribution in [0.25, 0.3) is 6.08 Å². The fraction of sp³-hybridized carbons (Fsp3) is 0.647. The Kier molecular flexibility index (Phi) is 12.8. The summed E-state index contributed by atoms with van der Waals surface area (Å²) in [4.78, 5) is 58.9. The number of carbonyl (C=O) groups is 4. The standard InChI is InChI=1S/C34H53N5O6/c1-10-20(4)27-31(40)35-17-15-23-19-24(13-14-25(23)44-9)45-26-16-18-39(30(26)33(42)36-27)34(43)28(21(5)11-2)37-32(41)29(38(7)8)22(6)12-3/h13-15,17,19-22,26-30H,10-12,16,18H2,1-9H3,(H,35,40)(H,36,42)(H,37,41)/b17-15+/t20-,21-,22-,26+,27+,28+,29+,30+/m1/s1. The maximum atomic E-state index is 14.4. The van der Waals surface area contributed by atoms with Gasteiger partial charge in [0.05, 0.1) is 13.2 Å². The Hall–Kier alpha value is -3.60. The summed E-state index contributed by atoms with van der Waals surface area (Å²) in [7, 11) is 5.29. The van der Waals surface area contributed by atoms with Crippen LogP contribution in [-0.2, 0) is 19.2 Å². The van der Waals surface area contributed by atoms with Gasteiger partial charge in [0, 0.05) is 24.7 Å². The van der Waals surface area contributed by atoms with Gasteiger partial charge >= 0.3 is 0 Å². The number of hydrogen-bond donors (Lipinski definition) is 3. The molecule has 2 aliphatic rings. The van der Waals surface area contributed by atoms with E-state index in [0.29, 0.717) is 36.3 Å². The molecule has 2 aliphatic heterocycles. The number of fused-ring (bicyclic) bond motifs is 3. The fourth-order valence-electron chi connectivity index (χ4n) is 6.11. The zero-order chi connectivity index (χ0) is 33.4. The molecule has 1 aromatic carbocycles. The fourth-order valence-corrected chi connectivity index (χ4v) is 6.11. The number of benzene rings is 1. The molecule has 3 N–H and O–H groups in total. The van der Waals surface area contributed by atoms with E-state index in [-0.39, 0.29) is 42.0 Å². The summed E-state index contributed by atoms with van der Waals surface area (Å²) in [6.45, 7) is 12.1. The van der Waals surface area contributed by atoms with E-state index in [1.165, 1.54) is 11.1 Å². The third-order valence-electron chi connectivity index (χ3n) is 9.45. The van der Waals surface area contributed by atoms with Gasteiger partial charge in [0.15, 0.2) is 0 Å². The smallest absolute Gasteiger partial charge is 0.247 e. The molecule has 0 saturated carbocycles. The van der Waals surface area contributed by atoms with Crippen LogP contribution in [0, 0.1) is 17.8 Å². The Morgan fingerprint density at radius 3 is 2.36 bits per heavy atom. The van der Waals surface area contributed by atoms with E-state index in [1.807, 2.05) is 60.5 Å². The van der Waals surface area contributed by atoms with Crippen LogP contribution in [-0.4, -0.2) is 91.4 Å². The SMILES string of the molecule is CC[C@@H](C)[C@@H]1NC(=O)[C@@H]2[C@H](CCN2C(=O)[C@@H](NC(=O)[C@H]([C@H](C)CC)N(C)C)[C@H](C)CC)Oc2ccc(OC)c(c2)/C=C/NC1=O. The highest BCUT2D eigenvalue weighted by molar-refractivity contribution is 5.96. The maximum Gasteiger partial charge on any atom is 0.247 e. The number of likely N-dealkylation sites (tertiary alicyclic amines) is 1. The van der Waals surface area contributed by atoms with Gasteiger partial charge in [-0.1, -0.05) is 60.8 Å². The van der Waals surface area contributed by atoms with Crippen LogP contribution in [0.2, 0.25) is 0 Å². The van der Waals surface area contributed by atoms with Crippen LogP contribution in [0.5, 0.6) is 11.5 Å². The van der Waals surface area contributed by atoms with Gasteiger partial charge in [0.1, 0.15) is 35.7 Å². The van der Waals surface area contributed by atoms with Gasteiger partial charge < -0.3 is 30.3 Å². The summed E-state index contributed by atoms with van der Waals surface area (Å²) in [5, 5.41) is 8.80. The summed E-state index contributed by atoms with van der Waals surface area (Å²) >= 11 is 0. The molecule has 250 valence electrons. The summed E-state index contributed by atoms with van der Waals surface area (Å²) in [6.07, 6.45) is 5.07. The summed E-state index contributed by atoms with van der Waals surface area (Å²) < 4.78 is 11.9. The number of amides is 4. The van der Waals surface area contributed by atoms with Gasteiger partial charge in [0.25, 0.3) is 0 Å². The van der Waals surface area contributed by atoms with Crippen LogP contribution >= 0.6 is 0 Å². The molecule has 11 heteroatoms. The minimum absolute atomic E-state index is 0.0749. The van der Waals surface area contributed by atoms with Gasteiger partial charge in [-0.3, -0.25) is 24.1 Å². The molecule has 8 atom stereocenters. The highest BCUT2D eigenvalue weighted by Gasteiger charge is 2.47. The zero-order valence-electron chi connectivity index (χ0n) is 28.4. The number of likely N-dealkylation sites (N-methyl/N-ethyl adjacent to an activating group) is 1. The lowest BCUT2D eigenvalue weighted by Gasteiger charge is -2.35. The van der Waals surface area contributed by atoms with Crippen molar-refractivity contribution in [3.8, 4) is 11.5 Å². The first-order chi connectivity index (χ1) is 21.4. The molecule has 0 radical (unpaired) electrons. The highest BCUT2D eigenvalue weighted by Crippen LogP contribution is 2.31. The molecule has 4 amide bonds. The topological polar surface area (TPSA) is 129 Å². The highest BCUT2D eigenvalue weighted by atomic mass is 16.5. The average molecular weight is 628 g/mol. The van der Waals surface area contributed by atoms with E-state index in [2.05, 4.69) is 16.0 Å². The van der Waals surface area contributed by atoms with Crippen LogP contribution in [0.3, 0.4) is 0 Å². The van der Waals surface area contributed by atoms with E-state index in [0.717, 1.165) is 6.42 Å². The quantitative estimate of drug-likeness (QED) is 0.344. The van der Waals surface area contributed by atoms with Crippen molar-refractivity contribution in [3.05, 3.63) is 30.0 Å². The average Bonchev–Trinajstić information content (AvgIpc) is 3.44. The number of nitrogens with zero attached hydrogens (tertiary/aromatic N) is 2. The molecule has 0 spiro atoms. The maximum absolute atomic E-state index is 14.4. The molecule has 1 aromatic rings. The molecule has 45 heavy (non-hydrogen) atoms. The first-order valence-electron chi connectivity index (χ1n) is 16.3. The molecule has 11 nitrogen and oxygen atoms in total. The van der Waals surface area contributed by atoms with Crippen LogP contribution in [0.1, 0.15) is 72.8 Å². The van der Waals surface area contributed by atoms with Crippen LogP contribution in [0.15, 0.2) is 24.4 Å². The Morgan fingerprint density at radius 2 is 1.76 bits per heavy atom. The largest absolute Gasteiger partial charge is 0.496 e. The molecule has 0 unspecified atom stereocenters. The van der Waals surface area contributed by atoms with Crippen LogP contribution < -0.4 is 25.4 Å². The molecule has 1 fully saturated rings.